The first-order valence-corrected chi connectivity index (χ1v) is 13.1. The Kier molecular flexibility index (Phi) is 6.22. The van der Waals surface area contributed by atoms with Crippen LogP contribution in [-0.4, -0.2) is 35.5 Å². The number of hydrogen-bond donors (Lipinski definition) is 3. The summed E-state index contributed by atoms with van der Waals surface area (Å²) in [6.07, 6.45) is 4.80. The zero-order chi connectivity index (χ0) is 24.6. The summed E-state index contributed by atoms with van der Waals surface area (Å²) < 4.78 is 29.3. The van der Waals surface area contributed by atoms with Crippen LogP contribution in [0.2, 0.25) is 5.02 Å². The van der Waals surface area contributed by atoms with Crippen molar-refractivity contribution in [3.63, 3.8) is 0 Å². The van der Waals surface area contributed by atoms with Crippen molar-refractivity contribution < 1.29 is 17.9 Å². The molecule has 4 N–H and O–H groups in total. The van der Waals surface area contributed by atoms with E-state index in [2.05, 4.69) is 15.3 Å². The van der Waals surface area contributed by atoms with Gasteiger partial charge in [-0.2, -0.15) is 0 Å². The molecule has 0 bridgehead atoms. The highest BCUT2D eigenvalue weighted by Crippen LogP contribution is 2.34. The van der Waals surface area contributed by atoms with Gasteiger partial charge >= 0.3 is 0 Å². The number of para-hydroxylation sites is 1. The summed E-state index contributed by atoms with van der Waals surface area (Å²) in [5, 5.41) is 9.03. The van der Waals surface area contributed by atoms with E-state index in [1.165, 1.54) is 0 Å². The van der Waals surface area contributed by atoms with Crippen LogP contribution in [0, 0.1) is 0 Å². The highest BCUT2D eigenvalue weighted by atomic mass is 35.5. The van der Waals surface area contributed by atoms with Gasteiger partial charge in [0.1, 0.15) is 17.1 Å². The molecule has 0 radical (unpaired) electrons. The van der Waals surface area contributed by atoms with Gasteiger partial charge in [0.15, 0.2) is 5.78 Å². The third-order valence-corrected chi connectivity index (χ3v) is 7.86. The number of hydrogen-bond acceptors (Lipinski definition) is 6. The van der Waals surface area contributed by atoms with Crippen LogP contribution < -0.4 is 15.2 Å². The van der Waals surface area contributed by atoms with E-state index in [9.17, 15) is 13.2 Å². The fourth-order valence-electron chi connectivity index (χ4n) is 4.46. The molecule has 8 nitrogen and oxygen atoms in total. The number of H-pyrrole nitrogens is 1. The van der Waals surface area contributed by atoms with E-state index < -0.39 is 15.3 Å². The van der Waals surface area contributed by atoms with Gasteiger partial charge in [-0.1, -0.05) is 29.8 Å². The lowest BCUT2D eigenvalue weighted by Crippen LogP contribution is -2.27. The second kappa shape index (κ2) is 9.33. The number of ketones is 1. The first-order valence-electron chi connectivity index (χ1n) is 11.1. The average Bonchev–Trinajstić information content (AvgIpc) is 3.47. The highest BCUT2D eigenvalue weighted by molar-refractivity contribution is 7.89. The Morgan fingerprint density at radius 2 is 1.89 bits per heavy atom. The lowest BCUT2D eigenvalue weighted by Gasteiger charge is -2.16. The highest BCUT2D eigenvalue weighted by Gasteiger charge is 2.32. The number of ether oxygens (including phenoxy) is 1. The molecule has 2 aromatic carbocycles. The van der Waals surface area contributed by atoms with Gasteiger partial charge in [-0.05, 0) is 49.6 Å². The minimum Gasteiger partial charge on any atom is -0.457 e. The predicted octanol–water partition coefficient (Wildman–Crippen LogP) is 4.86. The van der Waals surface area contributed by atoms with E-state index in [-0.39, 0.29) is 16.8 Å². The van der Waals surface area contributed by atoms with E-state index in [4.69, 9.17) is 21.5 Å². The van der Waals surface area contributed by atoms with Crippen LogP contribution in [0.1, 0.15) is 35.2 Å². The summed E-state index contributed by atoms with van der Waals surface area (Å²) in [5.74, 6) is 0.918. The number of nitrogens with two attached hydrogens (primary N) is 1. The molecule has 2 aromatic heterocycles. The summed E-state index contributed by atoms with van der Waals surface area (Å²) in [6.45, 7) is 0. The minimum absolute atomic E-state index is 0.0835. The molecule has 0 spiro atoms. The van der Waals surface area contributed by atoms with Gasteiger partial charge < -0.3 is 15.0 Å². The van der Waals surface area contributed by atoms with Crippen LogP contribution >= 0.6 is 11.6 Å². The van der Waals surface area contributed by atoms with Crippen LogP contribution in [-0.2, 0) is 10.0 Å². The lowest BCUT2D eigenvalue weighted by molar-refractivity contribution is 0.104. The van der Waals surface area contributed by atoms with Gasteiger partial charge in [0.2, 0.25) is 10.0 Å². The molecule has 10 heteroatoms. The number of anilines is 1. The Morgan fingerprint density at radius 1 is 1.09 bits per heavy atom. The predicted molar refractivity (Wildman–Crippen MR) is 136 cm³/mol. The lowest BCUT2D eigenvalue weighted by atomic mass is 10.0. The molecule has 1 aliphatic rings. The van der Waals surface area contributed by atoms with Gasteiger partial charge in [-0.25, -0.2) is 18.5 Å². The van der Waals surface area contributed by atoms with Crippen molar-refractivity contribution in [3.8, 4) is 11.5 Å². The Hall–Kier alpha value is -3.40. The number of carbonyl (C=O) groups excluding carboxylic acids is 1. The molecule has 5 rings (SSSR count). The summed E-state index contributed by atoms with van der Waals surface area (Å²) in [5.41, 5.74) is 1.98. The van der Waals surface area contributed by atoms with Crippen LogP contribution in [0.5, 0.6) is 11.5 Å². The molecule has 1 aliphatic carbocycles. The molecule has 2 heterocycles. The third kappa shape index (κ3) is 4.88. The second-order valence-electron chi connectivity index (χ2n) is 8.54. The third-order valence-electron chi connectivity index (χ3n) is 6.19. The van der Waals surface area contributed by atoms with E-state index in [1.54, 1.807) is 36.7 Å². The maximum Gasteiger partial charge on any atom is 0.212 e. The Bertz CT molecular complexity index is 1500. The Balaban J connectivity index is 1.42. The SMILES string of the molecule is NS(=O)(=O)C1CCC(Nc2ccnc3[nH]cc(C(=O)c4ccc(Oc5ccccc5)cc4Cl)c23)C1. The maximum atomic E-state index is 13.5. The number of rotatable bonds is 7. The first-order chi connectivity index (χ1) is 16.8. The van der Waals surface area contributed by atoms with E-state index in [1.807, 2.05) is 30.3 Å². The molecule has 1 saturated carbocycles. The normalized spacial score (nSPS) is 18.0. The molecule has 0 amide bonds. The van der Waals surface area contributed by atoms with Gasteiger partial charge in [0, 0.05) is 35.8 Å². The molecule has 0 aliphatic heterocycles. The van der Waals surface area contributed by atoms with E-state index >= 15 is 0 Å². The molecule has 2 atom stereocenters. The molecule has 180 valence electrons. The van der Waals surface area contributed by atoms with Crippen LogP contribution in [0.3, 0.4) is 0 Å². The zero-order valence-corrected chi connectivity index (χ0v) is 20.1. The quantitative estimate of drug-likeness (QED) is 0.305. The number of fused-ring (bicyclic) bond motifs is 1. The Morgan fingerprint density at radius 3 is 2.60 bits per heavy atom. The summed E-state index contributed by atoms with van der Waals surface area (Å²) in [6, 6.07) is 15.9. The number of pyridine rings is 1. The first kappa shape index (κ1) is 23.3. The smallest absolute Gasteiger partial charge is 0.212 e. The zero-order valence-electron chi connectivity index (χ0n) is 18.6. The molecule has 0 saturated heterocycles. The fraction of sp³-hybridized carbons (Fsp3) is 0.200. The van der Waals surface area contributed by atoms with E-state index in [0.29, 0.717) is 58.6 Å². The molecule has 1 fully saturated rings. The van der Waals surface area contributed by atoms with Crippen molar-refractivity contribution in [2.45, 2.75) is 30.6 Å². The van der Waals surface area contributed by atoms with Crippen LogP contribution in [0.4, 0.5) is 5.69 Å². The number of sulfonamides is 1. The van der Waals surface area contributed by atoms with Crippen molar-refractivity contribution in [2.24, 2.45) is 5.14 Å². The molecule has 2 unspecified atom stereocenters. The number of halogens is 1. The Labute approximate surface area is 207 Å². The number of nitrogens with zero attached hydrogens (tertiary/aromatic N) is 1. The number of aromatic nitrogens is 2. The summed E-state index contributed by atoms with van der Waals surface area (Å²) in [4.78, 5) is 20.9. The topological polar surface area (TPSA) is 127 Å². The van der Waals surface area contributed by atoms with Gasteiger partial charge in [0.05, 0.1) is 21.2 Å². The second-order valence-corrected chi connectivity index (χ2v) is 10.8. The number of aromatic amines is 1. The van der Waals surface area contributed by atoms with Gasteiger partial charge in [0.25, 0.3) is 0 Å². The number of benzene rings is 2. The molecular weight excluding hydrogens is 488 g/mol. The average molecular weight is 511 g/mol. The van der Waals surface area contributed by atoms with Gasteiger partial charge in [-0.15, -0.1) is 0 Å². The molecule has 35 heavy (non-hydrogen) atoms. The standard InChI is InChI=1S/C25H23ClN4O4S/c26-21-13-17(34-16-4-2-1-3-5-16)7-9-19(21)24(31)20-14-29-25-23(20)22(10-11-28-25)30-15-6-8-18(12-15)35(27,32)33/h1-5,7,9-11,13-15,18H,6,8,12H2,(H2,27,32,33)(H2,28,29,30). The van der Waals surface area contributed by atoms with Crippen molar-refractivity contribution in [1.29, 1.82) is 0 Å². The van der Waals surface area contributed by atoms with Crippen molar-refractivity contribution in [3.05, 3.63) is 83.1 Å². The summed E-state index contributed by atoms with van der Waals surface area (Å²) >= 11 is 6.48. The molecule has 4 aromatic rings. The number of primary sulfonamides is 1. The number of carbonyl (C=O) groups is 1. The van der Waals surface area contributed by atoms with Crippen molar-refractivity contribution in [2.75, 3.05) is 5.32 Å². The van der Waals surface area contributed by atoms with Crippen molar-refractivity contribution >= 4 is 44.1 Å². The monoisotopic (exact) mass is 510 g/mol. The maximum absolute atomic E-state index is 13.5. The fourth-order valence-corrected chi connectivity index (χ4v) is 5.68. The molecular formula is C25H23ClN4O4S. The number of nitrogens with one attached hydrogen (secondary N) is 2. The largest absolute Gasteiger partial charge is 0.457 e. The van der Waals surface area contributed by atoms with Crippen molar-refractivity contribution in [1.82, 2.24) is 9.97 Å². The minimum atomic E-state index is -3.58. The summed E-state index contributed by atoms with van der Waals surface area (Å²) in [7, 11) is -3.58. The van der Waals surface area contributed by atoms with Crippen LogP contribution in [0.15, 0.2) is 67.0 Å². The van der Waals surface area contributed by atoms with Crippen LogP contribution in [0.25, 0.3) is 11.0 Å². The van der Waals surface area contributed by atoms with Gasteiger partial charge in [-0.3, -0.25) is 4.79 Å². The van der Waals surface area contributed by atoms with E-state index in [0.717, 1.165) is 0 Å².